The van der Waals surface area contributed by atoms with Crippen molar-refractivity contribution in [2.24, 2.45) is 0 Å². The van der Waals surface area contributed by atoms with E-state index in [1.54, 1.807) is 0 Å². The number of amides is 2. The van der Waals surface area contributed by atoms with Crippen molar-refractivity contribution < 1.29 is 9.59 Å². The number of fused-ring (bicyclic) bond motifs is 2. The Morgan fingerprint density at radius 2 is 1.96 bits per heavy atom. The molecule has 2 N–H and O–H groups in total. The van der Waals surface area contributed by atoms with Crippen LogP contribution in [-0.2, 0) is 22.4 Å². The number of aryl methyl sites for hydroxylation is 2. The molecule has 0 radical (unpaired) electrons. The highest BCUT2D eigenvalue weighted by atomic mass is 32.2. The van der Waals surface area contributed by atoms with E-state index in [0.717, 1.165) is 29.0 Å². The van der Waals surface area contributed by atoms with Gasteiger partial charge in [0.25, 0.3) is 0 Å². The minimum Gasteiger partial charge on any atom is -0.350 e. The van der Waals surface area contributed by atoms with E-state index in [1.165, 1.54) is 35.7 Å². The number of benzene rings is 2. The third-order valence-electron chi connectivity index (χ3n) is 5.33. The third-order valence-corrected chi connectivity index (χ3v) is 6.60. The summed E-state index contributed by atoms with van der Waals surface area (Å²) in [5.41, 5.74) is 4.82. The van der Waals surface area contributed by atoms with Crippen LogP contribution in [-0.4, -0.2) is 17.1 Å². The van der Waals surface area contributed by atoms with Gasteiger partial charge in [0.2, 0.25) is 11.8 Å². The molecule has 27 heavy (non-hydrogen) atoms. The highest BCUT2D eigenvalue weighted by Crippen LogP contribution is 2.36. The number of carbonyl (C=O) groups is 2. The van der Waals surface area contributed by atoms with E-state index in [1.807, 2.05) is 31.2 Å². The van der Waals surface area contributed by atoms with Gasteiger partial charge in [-0.3, -0.25) is 9.59 Å². The van der Waals surface area contributed by atoms with Gasteiger partial charge in [-0.15, -0.1) is 11.8 Å². The maximum atomic E-state index is 12.5. The lowest BCUT2D eigenvalue weighted by Gasteiger charge is -2.24. The number of anilines is 1. The smallest absolute Gasteiger partial charge is 0.238 e. The number of para-hydroxylation sites is 1. The Bertz CT molecular complexity index is 880. The minimum atomic E-state index is -0.393. The van der Waals surface area contributed by atoms with Crippen LogP contribution in [0.1, 0.15) is 48.9 Å². The molecular weight excluding hydrogens is 356 g/mol. The molecule has 0 fully saturated rings. The largest absolute Gasteiger partial charge is 0.350 e. The van der Waals surface area contributed by atoms with Gasteiger partial charge in [-0.05, 0) is 61.4 Å². The maximum Gasteiger partial charge on any atom is 0.238 e. The fourth-order valence-electron chi connectivity index (χ4n) is 3.80. The second kappa shape index (κ2) is 7.77. The normalized spacial score (nSPS) is 19.4. The molecule has 2 aromatic rings. The highest BCUT2D eigenvalue weighted by Gasteiger charge is 2.29. The van der Waals surface area contributed by atoms with E-state index in [-0.39, 0.29) is 24.3 Å². The van der Waals surface area contributed by atoms with Crippen LogP contribution in [0, 0.1) is 0 Å². The predicted molar refractivity (Wildman–Crippen MR) is 109 cm³/mol. The summed E-state index contributed by atoms with van der Waals surface area (Å²) in [5.74, 6) is -0.192. The lowest BCUT2D eigenvalue weighted by Crippen LogP contribution is -2.35. The summed E-state index contributed by atoms with van der Waals surface area (Å²) in [4.78, 5) is 25.8. The molecule has 1 aliphatic heterocycles. The molecule has 2 atom stereocenters. The van der Waals surface area contributed by atoms with Gasteiger partial charge in [0.1, 0.15) is 0 Å². The minimum absolute atomic E-state index is 0.0614. The molecular formula is C22H24N2O2S. The average molecular weight is 381 g/mol. The molecule has 0 aromatic heterocycles. The van der Waals surface area contributed by atoms with Gasteiger partial charge in [0.15, 0.2) is 0 Å². The number of thioether (sulfide) groups is 1. The first-order valence-corrected chi connectivity index (χ1v) is 10.5. The summed E-state index contributed by atoms with van der Waals surface area (Å²) in [6.07, 6.45) is 4.98. The van der Waals surface area contributed by atoms with Crippen molar-refractivity contribution in [3.05, 3.63) is 59.2 Å². The predicted octanol–water partition coefficient (Wildman–Crippen LogP) is 4.25. The van der Waals surface area contributed by atoms with Crippen LogP contribution in [0.2, 0.25) is 0 Å². The Morgan fingerprint density at radius 1 is 1.19 bits per heavy atom. The Kier molecular flexibility index (Phi) is 5.21. The second-order valence-electron chi connectivity index (χ2n) is 7.32. The summed E-state index contributed by atoms with van der Waals surface area (Å²) in [6, 6.07) is 14.2. The zero-order chi connectivity index (χ0) is 18.8. The van der Waals surface area contributed by atoms with Gasteiger partial charge < -0.3 is 10.6 Å². The Labute approximate surface area is 164 Å². The summed E-state index contributed by atoms with van der Waals surface area (Å²) in [5, 5.41) is 5.56. The molecule has 2 aliphatic rings. The van der Waals surface area contributed by atoms with E-state index in [0.29, 0.717) is 0 Å². The van der Waals surface area contributed by atoms with Gasteiger partial charge >= 0.3 is 0 Å². The molecule has 1 aliphatic carbocycles. The molecule has 1 heterocycles. The van der Waals surface area contributed by atoms with Crippen molar-refractivity contribution >= 4 is 29.3 Å². The van der Waals surface area contributed by atoms with Crippen molar-refractivity contribution in [1.82, 2.24) is 5.32 Å². The lowest BCUT2D eigenvalue weighted by atomic mass is 9.89. The van der Waals surface area contributed by atoms with Crippen LogP contribution >= 0.6 is 11.8 Å². The number of hydrogen-bond acceptors (Lipinski definition) is 3. The molecule has 2 unspecified atom stereocenters. The summed E-state index contributed by atoms with van der Waals surface area (Å²) >= 11 is 1.46. The number of rotatable bonds is 4. The quantitative estimate of drug-likeness (QED) is 0.834. The van der Waals surface area contributed by atoms with Crippen LogP contribution in [0.25, 0.3) is 0 Å². The van der Waals surface area contributed by atoms with E-state index < -0.39 is 5.25 Å². The molecule has 0 bridgehead atoms. The fourth-order valence-corrected chi connectivity index (χ4v) is 4.91. The van der Waals surface area contributed by atoms with Gasteiger partial charge in [-0.25, -0.2) is 0 Å². The lowest BCUT2D eigenvalue weighted by molar-refractivity contribution is -0.124. The number of nitrogens with one attached hydrogen (secondary N) is 2. The van der Waals surface area contributed by atoms with E-state index in [4.69, 9.17) is 0 Å². The van der Waals surface area contributed by atoms with Crippen LogP contribution < -0.4 is 10.6 Å². The SMILES string of the molecule is CC(NC(=O)CC1Sc2ccccc2NC1=O)c1ccc2c(c1)CCCC2. The monoisotopic (exact) mass is 380 g/mol. The van der Waals surface area contributed by atoms with Gasteiger partial charge in [0, 0.05) is 11.3 Å². The molecule has 0 saturated carbocycles. The van der Waals surface area contributed by atoms with Gasteiger partial charge in [-0.1, -0.05) is 30.3 Å². The van der Waals surface area contributed by atoms with Crippen molar-refractivity contribution in [2.75, 3.05) is 5.32 Å². The first-order valence-electron chi connectivity index (χ1n) is 9.58. The van der Waals surface area contributed by atoms with Gasteiger partial charge in [-0.2, -0.15) is 0 Å². The topological polar surface area (TPSA) is 58.2 Å². The van der Waals surface area contributed by atoms with E-state index in [2.05, 4.69) is 28.8 Å². The van der Waals surface area contributed by atoms with Crippen molar-refractivity contribution in [3.63, 3.8) is 0 Å². The number of hydrogen-bond donors (Lipinski definition) is 2. The van der Waals surface area contributed by atoms with Crippen LogP contribution in [0.4, 0.5) is 5.69 Å². The standard InChI is InChI=1S/C22H24N2O2S/c1-14(16-11-10-15-6-2-3-7-17(15)12-16)23-21(25)13-20-22(26)24-18-8-4-5-9-19(18)27-20/h4-5,8-12,14,20H,2-3,6-7,13H2,1H3,(H,23,25)(H,24,26). The Balaban J connectivity index is 1.38. The average Bonchev–Trinajstić information content (AvgIpc) is 2.68. The zero-order valence-electron chi connectivity index (χ0n) is 15.5. The fraction of sp³-hybridized carbons (Fsp3) is 0.364. The third kappa shape index (κ3) is 4.03. The molecule has 0 saturated heterocycles. The first-order chi connectivity index (χ1) is 13.1. The first kappa shape index (κ1) is 18.1. The number of carbonyl (C=O) groups excluding carboxylic acids is 2. The second-order valence-corrected chi connectivity index (χ2v) is 8.57. The van der Waals surface area contributed by atoms with Crippen molar-refractivity contribution in [3.8, 4) is 0 Å². The van der Waals surface area contributed by atoms with Crippen LogP contribution in [0.3, 0.4) is 0 Å². The van der Waals surface area contributed by atoms with E-state index in [9.17, 15) is 9.59 Å². The molecule has 2 amide bonds. The molecule has 4 rings (SSSR count). The summed E-state index contributed by atoms with van der Waals surface area (Å²) in [6.45, 7) is 2.01. The van der Waals surface area contributed by atoms with Crippen molar-refractivity contribution in [1.29, 1.82) is 0 Å². The Morgan fingerprint density at radius 3 is 2.81 bits per heavy atom. The van der Waals surface area contributed by atoms with Crippen molar-refractivity contribution in [2.45, 2.75) is 55.2 Å². The zero-order valence-corrected chi connectivity index (χ0v) is 16.3. The summed E-state index contributed by atoms with van der Waals surface area (Å²) < 4.78 is 0. The maximum absolute atomic E-state index is 12.5. The molecule has 0 spiro atoms. The molecule has 5 heteroatoms. The van der Waals surface area contributed by atoms with Crippen LogP contribution in [0.15, 0.2) is 47.4 Å². The molecule has 4 nitrogen and oxygen atoms in total. The van der Waals surface area contributed by atoms with E-state index >= 15 is 0 Å². The van der Waals surface area contributed by atoms with Crippen LogP contribution in [0.5, 0.6) is 0 Å². The molecule has 2 aromatic carbocycles. The van der Waals surface area contributed by atoms with Gasteiger partial charge in [0.05, 0.1) is 17.0 Å². The molecule has 140 valence electrons. The Hall–Kier alpha value is -2.27. The summed E-state index contributed by atoms with van der Waals surface area (Å²) in [7, 11) is 0. The highest BCUT2D eigenvalue weighted by molar-refractivity contribution is 8.01.